The van der Waals surface area contributed by atoms with Gasteiger partial charge in [0.2, 0.25) is 0 Å². The van der Waals surface area contributed by atoms with E-state index in [1.807, 2.05) is 22.6 Å². The Balaban J connectivity index is 3.09. The SMILES string of the molecule is CNC(=O)c1ccc(O)cc1I. The highest BCUT2D eigenvalue weighted by atomic mass is 127. The first-order valence-corrected chi connectivity index (χ1v) is 4.43. The molecule has 12 heavy (non-hydrogen) atoms. The topological polar surface area (TPSA) is 49.3 Å². The number of carbonyl (C=O) groups excluding carboxylic acids is 1. The lowest BCUT2D eigenvalue weighted by Crippen LogP contribution is -2.18. The van der Waals surface area contributed by atoms with Gasteiger partial charge in [-0.05, 0) is 40.8 Å². The fraction of sp³-hybridized carbons (Fsp3) is 0.125. The first-order chi connectivity index (χ1) is 5.65. The molecule has 0 bridgehead atoms. The highest BCUT2D eigenvalue weighted by Gasteiger charge is 2.07. The van der Waals surface area contributed by atoms with E-state index in [0.717, 1.165) is 3.57 Å². The van der Waals surface area contributed by atoms with Crippen molar-refractivity contribution in [2.24, 2.45) is 0 Å². The third kappa shape index (κ3) is 1.88. The molecule has 0 radical (unpaired) electrons. The number of carbonyl (C=O) groups is 1. The predicted molar refractivity (Wildman–Crippen MR) is 54.2 cm³/mol. The maximum Gasteiger partial charge on any atom is 0.252 e. The van der Waals surface area contributed by atoms with Gasteiger partial charge < -0.3 is 10.4 Å². The molecule has 0 aliphatic carbocycles. The van der Waals surface area contributed by atoms with Crippen LogP contribution in [0.5, 0.6) is 5.75 Å². The molecule has 1 aromatic carbocycles. The zero-order valence-electron chi connectivity index (χ0n) is 6.47. The molecule has 1 rings (SSSR count). The molecule has 0 aliphatic rings. The van der Waals surface area contributed by atoms with E-state index < -0.39 is 0 Å². The van der Waals surface area contributed by atoms with Crippen LogP contribution in [0.1, 0.15) is 10.4 Å². The minimum Gasteiger partial charge on any atom is -0.508 e. The van der Waals surface area contributed by atoms with E-state index in [1.54, 1.807) is 19.2 Å². The maximum absolute atomic E-state index is 11.1. The Hall–Kier alpha value is -0.780. The van der Waals surface area contributed by atoms with Crippen molar-refractivity contribution in [3.63, 3.8) is 0 Å². The molecule has 3 nitrogen and oxygen atoms in total. The molecule has 0 atom stereocenters. The first kappa shape index (κ1) is 9.31. The third-order valence-electron chi connectivity index (χ3n) is 1.42. The maximum atomic E-state index is 11.1. The molecule has 0 unspecified atom stereocenters. The van der Waals surface area contributed by atoms with Gasteiger partial charge in [-0.3, -0.25) is 4.79 Å². The smallest absolute Gasteiger partial charge is 0.252 e. The van der Waals surface area contributed by atoms with Crippen LogP contribution in [0.3, 0.4) is 0 Å². The normalized spacial score (nSPS) is 9.50. The Morgan fingerprint density at radius 2 is 2.25 bits per heavy atom. The van der Waals surface area contributed by atoms with Gasteiger partial charge in [0.1, 0.15) is 5.75 Å². The zero-order chi connectivity index (χ0) is 9.14. The largest absolute Gasteiger partial charge is 0.508 e. The number of aromatic hydroxyl groups is 1. The Morgan fingerprint density at radius 1 is 1.58 bits per heavy atom. The second-order valence-corrected chi connectivity index (χ2v) is 3.41. The van der Waals surface area contributed by atoms with Gasteiger partial charge >= 0.3 is 0 Å². The van der Waals surface area contributed by atoms with Crippen molar-refractivity contribution in [2.75, 3.05) is 7.05 Å². The third-order valence-corrected chi connectivity index (χ3v) is 2.32. The van der Waals surface area contributed by atoms with Crippen LogP contribution in [0.15, 0.2) is 18.2 Å². The van der Waals surface area contributed by atoms with Gasteiger partial charge in [-0.2, -0.15) is 0 Å². The summed E-state index contributed by atoms with van der Waals surface area (Å²) in [7, 11) is 1.57. The molecule has 0 aliphatic heterocycles. The fourth-order valence-electron chi connectivity index (χ4n) is 0.823. The fourth-order valence-corrected chi connectivity index (χ4v) is 1.57. The Morgan fingerprint density at radius 3 is 2.75 bits per heavy atom. The quantitative estimate of drug-likeness (QED) is 0.761. The van der Waals surface area contributed by atoms with Crippen molar-refractivity contribution in [3.05, 3.63) is 27.3 Å². The van der Waals surface area contributed by atoms with E-state index >= 15 is 0 Å². The number of phenolic OH excluding ortho intramolecular Hbond substituents is 1. The van der Waals surface area contributed by atoms with E-state index in [0.29, 0.717) is 5.56 Å². The van der Waals surface area contributed by atoms with E-state index in [1.165, 1.54) is 6.07 Å². The van der Waals surface area contributed by atoms with Crippen LogP contribution in [0.4, 0.5) is 0 Å². The number of hydrogen-bond acceptors (Lipinski definition) is 2. The summed E-state index contributed by atoms with van der Waals surface area (Å²) in [6, 6.07) is 4.63. The average Bonchev–Trinajstić information content (AvgIpc) is 2.03. The van der Waals surface area contributed by atoms with Crippen LogP contribution in [-0.2, 0) is 0 Å². The summed E-state index contributed by atoms with van der Waals surface area (Å²) >= 11 is 2.00. The van der Waals surface area contributed by atoms with Crippen LogP contribution in [0, 0.1) is 3.57 Å². The van der Waals surface area contributed by atoms with Crippen molar-refractivity contribution >= 4 is 28.5 Å². The van der Waals surface area contributed by atoms with E-state index in [4.69, 9.17) is 5.11 Å². The summed E-state index contributed by atoms with van der Waals surface area (Å²) in [5, 5.41) is 11.6. The lowest BCUT2D eigenvalue weighted by molar-refractivity contribution is 0.0962. The summed E-state index contributed by atoms with van der Waals surface area (Å²) in [6.07, 6.45) is 0. The summed E-state index contributed by atoms with van der Waals surface area (Å²) in [5.41, 5.74) is 0.580. The molecule has 2 N–H and O–H groups in total. The van der Waals surface area contributed by atoms with Crippen molar-refractivity contribution in [2.45, 2.75) is 0 Å². The van der Waals surface area contributed by atoms with Crippen LogP contribution >= 0.6 is 22.6 Å². The Kier molecular flexibility index (Phi) is 2.91. The van der Waals surface area contributed by atoms with Crippen molar-refractivity contribution in [1.82, 2.24) is 5.32 Å². The lowest BCUT2D eigenvalue weighted by atomic mass is 10.2. The van der Waals surface area contributed by atoms with Gasteiger partial charge in [-0.25, -0.2) is 0 Å². The Bertz CT molecular complexity index is 312. The monoisotopic (exact) mass is 277 g/mol. The number of benzene rings is 1. The van der Waals surface area contributed by atoms with E-state index in [-0.39, 0.29) is 11.7 Å². The number of amides is 1. The molecular formula is C8H8INO2. The van der Waals surface area contributed by atoms with Crippen molar-refractivity contribution in [3.8, 4) is 5.75 Å². The van der Waals surface area contributed by atoms with Gasteiger partial charge in [0.15, 0.2) is 0 Å². The molecule has 0 heterocycles. The molecule has 0 fully saturated rings. The van der Waals surface area contributed by atoms with Crippen LogP contribution in [0.2, 0.25) is 0 Å². The summed E-state index contributed by atoms with van der Waals surface area (Å²) < 4.78 is 0.743. The van der Waals surface area contributed by atoms with Gasteiger partial charge in [-0.15, -0.1) is 0 Å². The molecule has 0 spiro atoms. The molecule has 1 aromatic rings. The van der Waals surface area contributed by atoms with Crippen molar-refractivity contribution in [1.29, 1.82) is 0 Å². The number of nitrogens with one attached hydrogen (secondary N) is 1. The molecule has 4 heteroatoms. The van der Waals surface area contributed by atoms with Crippen LogP contribution in [0.25, 0.3) is 0 Å². The standard InChI is InChI=1S/C8H8INO2/c1-10-8(12)6-3-2-5(11)4-7(6)9/h2-4,11H,1H3,(H,10,12). The number of hydrogen-bond donors (Lipinski definition) is 2. The number of halogens is 1. The first-order valence-electron chi connectivity index (χ1n) is 3.35. The second-order valence-electron chi connectivity index (χ2n) is 2.24. The molecule has 64 valence electrons. The molecule has 0 saturated carbocycles. The average molecular weight is 277 g/mol. The molecular weight excluding hydrogens is 269 g/mol. The summed E-state index contributed by atoms with van der Waals surface area (Å²) in [6.45, 7) is 0. The lowest BCUT2D eigenvalue weighted by Gasteiger charge is -2.02. The minimum atomic E-state index is -0.139. The highest BCUT2D eigenvalue weighted by Crippen LogP contribution is 2.18. The predicted octanol–water partition coefficient (Wildman–Crippen LogP) is 1.36. The zero-order valence-corrected chi connectivity index (χ0v) is 8.62. The van der Waals surface area contributed by atoms with Crippen LogP contribution in [-0.4, -0.2) is 18.1 Å². The second kappa shape index (κ2) is 3.75. The van der Waals surface area contributed by atoms with E-state index in [9.17, 15) is 4.79 Å². The molecule has 0 aromatic heterocycles. The van der Waals surface area contributed by atoms with Gasteiger partial charge in [0.25, 0.3) is 5.91 Å². The van der Waals surface area contributed by atoms with Crippen molar-refractivity contribution < 1.29 is 9.90 Å². The number of rotatable bonds is 1. The highest BCUT2D eigenvalue weighted by molar-refractivity contribution is 14.1. The van der Waals surface area contributed by atoms with Crippen LogP contribution < -0.4 is 5.32 Å². The van der Waals surface area contributed by atoms with Gasteiger partial charge in [0.05, 0.1) is 5.56 Å². The summed E-state index contributed by atoms with van der Waals surface area (Å²) in [5.74, 6) is 0.0338. The molecule has 1 amide bonds. The van der Waals surface area contributed by atoms with Gasteiger partial charge in [-0.1, -0.05) is 0 Å². The summed E-state index contributed by atoms with van der Waals surface area (Å²) in [4.78, 5) is 11.1. The Labute approximate surface area is 83.9 Å². The number of phenols is 1. The molecule has 0 saturated heterocycles. The van der Waals surface area contributed by atoms with Gasteiger partial charge in [0, 0.05) is 10.6 Å². The minimum absolute atomic E-state index is 0.139. The van der Waals surface area contributed by atoms with E-state index in [2.05, 4.69) is 5.32 Å².